The summed E-state index contributed by atoms with van der Waals surface area (Å²) in [4.78, 5) is 24.5. The molecule has 0 aliphatic rings. The van der Waals surface area contributed by atoms with Gasteiger partial charge in [-0.2, -0.15) is 0 Å². The molecule has 0 aliphatic heterocycles. The van der Waals surface area contributed by atoms with Gasteiger partial charge in [0.15, 0.2) is 11.5 Å². The quantitative estimate of drug-likeness (QED) is 0.491. The minimum Gasteiger partial charge on any atom is -0.453 e. The Morgan fingerprint density at radius 3 is 1.97 bits per heavy atom. The fourth-order valence-corrected chi connectivity index (χ4v) is 2.89. The van der Waals surface area contributed by atoms with Crippen molar-refractivity contribution in [1.29, 1.82) is 0 Å². The van der Waals surface area contributed by atoms with Crippen molar-refractivity contribution in [2.45, 2.75) is 26.7 Å². The van der Waals surface area contributed by atoms with Crippen LogP contribution in [-0.2, 0) is 0 Å². The lowest BCUT2D eigenvalue weighted by atomic mass is 10.1. The van der Waals surface area contributed by atoms with E-state index in [9.17, 15) is 9.59 Å². The molecular formula is C24H26N2O5. The first kappa shape index (κ1) is 22.0. The van der Waals surface area contributed by atoms with Crippen LogP contribution in [0.3, 0.4) is 0 Å². The van der Waals surface area contributed by atoms with E-state index in [-0.39, 0.29) is 11.5 Å². The van der Waals surface area contributed by atoms with E-state index in [4.69, 9.17) is 14.2 Å². The van der Waals surface area contributed by atoms with E-state index in [0.717, 1.165) is 12.8 Å². The molecule has 2 N–H and O–H groups in total. The van der Waals surface area contributed by atoms with Gasteiger partial charge in [0, 0.05) is 29.9 Å². The standard InChI is InChI=1S/C24H26N2O5/c1-3-14-25-23(27)30-20-16-21(29-17-10-6-5-7-11-17)22(31-24(28)26-15-4-2)19-13-9-8-12-18(19)20/h5-13,16H,3-4,14-15H2,1-2H3,(H,25,27)(H,26,28). The molecule has 162 valence electrons. The molecule has 0 unspecified atom stereocenters. The number of nitrogens with one attached hydrogen (secondary N) is 2. The minimum atomic E-state index is -0.584. The molecule has 3 aromatic rings. The van der Waals surface area contributed by atoms with Gasteiger partial charge in [-0.1, -0.05) is 56.3 Å². The number of hydrogen-bond donors (Lipinski definition) is 2. The summed E-state index contributed by atoms with van der Waals surface area (Å²) in [5, 5.41) is 6.58. The average Bonchev–Trinajstić information content (AvgIpc) is 2.79. The van der Waals surface area contributed by atoms with Crippen molar-refractivity contribution >= 4 is 23.0 Å². The molecule has 0 spiro atoms. The zero-order valence-electron chi connectivity index (χ0n) is 17.6. The Kier molecular flexibility index (Phi) is 7.70. The van der Waals surface area contributed by atoms with Gasteiger partial charge < -0.3 is 24.8 Å². The second-order valence-corrected chi connectivity index (χ2v) is 6.80. The first-order valence-corrected chi connectivity index (χ1v) is 10.3. The predicted molar refractivity (Wildman–Crippen MR) is 119 cm³/mol. The van der Waals surface area contributed by atoms with Crippen LogP contribution >= 0.6 is 0 Å². The van der Waals surface area contributed by atoms with Crippen molar-refractivity contribution in [2.75, 3.05) is 13.1 Å². The summed E-state index contributed by atoms with van der Waals surface area (Å²) in [5.74, 6) is 1.36. The second kappa shape index (κ2) is 10.9. The Morgan fingerprint density at radius 2 is 1.32 bits per heavy atom. The second-order valence-electron chi connectivity index (χ2n) is 6.80. The Labute approximate surface area is 181 Å². The Balaban J connectivity index is 2.05. The van der Waals surface area contributed by atoms with E-state index in [0.29, 0.717) is 35.4 Å². The third kappa shape index (κ3) is 5.88. The highest BCUT2D eigenvalue weighted by molar-refractivity contribution is 5.98. The van der Waals surface area contributed by atoms with Gasteiger partial charge >= 0.3 is 12.2 Å². The Morgan fingerprint density at radius 1 is 0.742 bits per heavy atom. The molecule has 0 aromatic heterocycles. The van der Waals surface area contributed by atoms with Crippen LogP contribution in [0.15, 0.2) is 60.7 Å². The van der Waals surface area contributed by atoms with Crippen LogP contribution in [-0.4, -0.2) is 25.3 Å². The molecule has 0 saturated heterocycles. The number of fused-ring (bicyclic) bond motifs is 1. The number of hydrogen-bond acceptors (Lipinski definition) is 5. The van der Waals surface area contributed by atoms with Gasteiger partial charge in [-0.05, 0) is 25.0 Å². The highest BCUT2D eigenvalue weighted by Gasteiger charge is 2.20. The number of carbonyl (C=O) groups excluding carboxylic acids is 2. The molecule has 3 aromatic carbocycles. The molecule has 0 saturated carbocycles. The summed E-state index contributed by atoms with van der Waals surface area (Å²) < 4.78 is 17.2. The zero-order valence-corrected chi connectivity index (χ0v) is 17.6. The summed E-state index contributed by atoms with van der Waals surface area (Å²) in [6, 6.07) is 17.9. The Bertz CT molecular complexity index is 1040. The average molecular weight is 422 g/mol. The first-order valence-electron chi connectivity index (χ1n) is 10.3. The van der Waals surface area contributed by atoms with E-state index in [1.165, 1.54) is 0 Å². The van der Waals surface area contributed by atoms with Crippen LogP contribution in [0.5, 0.6) is 23.0 Å². The van der Waals surface area contributed by atoms with Gasteiger partial charge in [-0.25, -0.2) is 9.59 Å². The minimum absolute atomic E-state index is 0.245. The number of ether oxygens (including phenoxy) is 3. The van der Waals surface area contributed by atoms with E-state index >= 15 is 0 Å². The summed E-state index contributed by atoms with van der Waals surface area (Å²) in [5.41, 5.74) is 0. The van der Waals surface area contributed by atoms with Gasteiger partial charge in [-0.3, -0.25) is 0 Å². The lowest BCUT2D eigenvalue weighted by Crippen LogP contribution is -2.28. The summed E-state index contributed by atoms with van der Waals surface area (Å²) in [6.45, 7) is 4.90. The van der Waals surface area contributed by atoms with Crippen LogP contribution in [0.1, 0.15) is 26.7 Å². The van der Waals surface area contributed by atoms with Crippen molar-refractivity contribution in [3.05, 3.63) is 60.7 Å². The van der Waals surface area contributed by atoms with Crippen molar-refractivity contribution in [3.63, 3.8) is 0 Å². The smallest absolute Gasteiger partial charge is 0.412 e. The summed E-state index contributed by atoms with van der Waals surface area (Å²) in [7, 11) is 0. The van der Waals surface area contributed by atoms with E-state index < -0.39 is 12.2 Å². The molecule has 3 rings (SSSR count). The van der Waals surface area contributed by atoms with Gasteiger partial charge in [0.25, 0.3) is 0 Å². The normalized spacial score (nSPS) is 10.4. The molecule has 31 heavy (non-hydrogen) atoms. The largest absolute Gasteiger partial charge is 0.453 e. The van der Waals surface area contributed by atoms with Crippen LogP contribution in [0.25, 0.3) is 10.8 Å². The third-order valence-corrected chi connectivity index (χ3v) is 4.33. The topological polar surface area (TPSA) is 85.9 Å². The molecule has 7 heteroatoms. The first-order chi connectivity index (χ1) is 15.1. The zero-order chi connectivity index (χ0) is 22.1. The molecule has 7 nitrogen and oxygen atoms in total. The third-order valence-electron chi connectivity index (χ3n) is 4.33. The lowest BCUT2D eigenvalue weighted by Gasteiger charge is -2.17. The molecule has 0 heterocycles. The van der Waals surface area contributed by atoms with Crippen molar-refractivity contribution < 1.29 is 23.8 Å². The fraction of sp³-hybridized carbons (Fsp3) is 0.250. The summed E-state index contributed by atoms with van der Waals surface area (Å²) >= 11 is 0. The highest BCUT2D eigenvalue weighted by Crippen LogP contribution is 2.43. The number of para-hydroxylation sites is 1. The molecule has 0 bridgehead atoms. The van der Waals surface area contributed by atoms with Gasteiger partial charge in [0.05, 0.1) is 0 Å². The number of carbonyl (C=O) groups is 2. The number of rotatable bonds is 8. The van der Waals surface area contributed by atoms with Crippen LogP contribution < -0.4 is 24.8 Å². The van der Waals surface area contributed by atoms with Crippen molar-refractivity contribution in [1.82, 2.24) is 10.6 Å². The molecular weight excluding hydrogens is 396 g/mol. The van der Waals surface area contributed by atoms with Gasteiger partial charge in [-0.15, -0.1) is 0 Å². The van der Waals surface area contributed by atoms with Crippen LogP contribution in [0.2, 0.25) is 0 Å². The van der Waals surface area contributed by atoms with Crippen LogP contribution in [0.4, 0.5) is 9.59 Å². The van der Waals surface area contributed by atoms with E-state index in [1.807, 2.05) is 44.2 Å². The molecule has 0 atom stereocenters. The molecule has 2 amide bonds. The number of benzene rings is 3. The van der Waals surface area contributed by atoms with E-state index in [2.05, 4.69) is 10.6 Å². The fourth-order valence-electron chi connectivity index (χ4n) is 2.89. The molecule has 0 fully saturated rings. The SMILES string of the molecule is CCCNC(=O)Oc1cc(Oc2ccccc2)c(OC(=O)NCCC)c2ccccc12. The van der Waals surface area contributed by atoms with Gasteiger partial charge in [0.1, 0.15) is 11.5 Å². The maximum absolute atomic E-state index is 12.3. The predicted octanol–water partition coefficient (Wildman–Crippen LogP) is 5.63. The maximum atomic E-state index is 12.3. The lowest BCUT2D eigenvalue weighted by molar-refractivity contribution is 0.197. The molecule has 0 radical (unpaired) electrons. The number of amides is 2. The van der Waals surface area contributed by atoms with Gasteiger partial charge in [0.2, 0.25) is 0 Å². The van der Waals surface area contributed by atoms with Crippen LogP contribution in [0, 0.1) is 0 Å². The maximum Gasteiger partial charge on any atom is 0.412 e. The van der Waals surface area contributed by atoms with Crippen molar-refractivity contribution in [2.24, 2.45) is 0 Å². The monoisotopic (exact) mass is 422 g/mol. The van der Waals surface area contributed by atoms with Crippen molar-refractivity contribution in [3.8, 4) is 23.0 Å². The summed E-state index contributed by atoms with van der Waals surface area (Å²) in [6.07, 6.45) is 0.423. The Hall–Kier alpha value is -3.74. The molecule has 0 aliphatic carbocycles. The van der Waals surface area contributed by atoms with E-state index in [1.54, 1.807) is 30.3 Å². The highest BCUT2D eigenvalue weighted by atomic mass is 16.6.